The third-order valence-electron chi connectivity index (χ3n) is 4.06. The lowest BCUT2D eigenvalue weighted by molar-refractivity contribution is -0.383. The van der Waals surface area contributed by atoms with E-state index < -0.39 is 10.9 Å². The number of nitrogens with one attached hydrogen (secondary N) is 1. The maximum Gasteiger partial charge on any atom is 0.338 e. The van der Waals surface area contributed by atoms with Crippen molar-refractivity contribution in [3.8, 4) is 0 Å². The molecule has 30 heavy (non-hydrogen) atoms. The highest BCUT2D eigenvalue weighted by Gasteiger charge is 2.17. The second kappa shape index (κ2) is 9.14. The molecule has 3 aromatic rings. The largest absolute Gasteiger partial charge is 0.456 e. The number of nitrogens with two attached hydrogens (primary N) is 1. The molecule has 0 unspecified atom stereocenters. The first kappa shape index (κ1) is 20.9. The van der Waals surface area contributed by atoms with E-state index >= 15 is 0 Å². The molecule has 10 heteroatoms. The lowest BCUT2D eigenvalue weighted by Crippen LogP contribution is -2.14. The van der Waals surface area contributed by atoms with Gasteiger partial charge in [0.2, 0.25) is 5.91 Å². The summed E-state index contributed by atoms with van der Waals surface area (Å²) in [6.07, 6.45) is 0.0939. The zero-order valence-corrected chi connectivity index (χ0v) is 16.8. The van der Waals surface area contributed by atoms with Gasteiger partial charge in [0.1, 0.15) is 17.3 Å². The van der Waals surface area contributed by atoms with Crippen LogP contribution in [0.5, 0.6) is 0 Å². The molecular weight excluding hydrogens is 408 g/mol. The predicted octanol–water partition coefficient (Wildman–Crippen LogP) is 3.48. The number of aryl methyl sites for hydroxylation is 1. The molecule has 9 nitrogen and oxygen atoms in total. The molecule has 0 atom stereocenters. The average molecular weight is 426 g/mol. The van der Waals surface area contributed by atoms with E-state index in [2.05, 4.69) is 10.3 Å². The number of carbonyl (C=O) groups excluding carboxylic acids is 2. The molecule has 0 aliphatic heterocycles. The number of nitrogen functional groups attached to an aromatic ring is 1. The van der Waals surface area contributed by atoms with Gasteiger partial charge in [-0.25, -0.2) is 9.78 Å². The van der Waals surface area contributed by atoms with Crippen molar-refractivity contribution >= 4 is 40.3 Å². The zero-order chi connectivity index (χ0) is 21.7. The van der Waals surface area contributed by atoms with Crippen molar-refractivity contribution in [1.29, 1.82) is 0 Å². The maximum atomic E-state index is 12.1. The number of esters is 1. The van der Waals surface area contributed by atoms with E-state index in [1.807, 2.05) is 31.2 Å². The molecule has 3 rings (SSSR count). The summed E-state index contributed by atoms with van der Waals surface area (Å²) in [6, 6.07) is 11.2. The van der Waals surface area contributed by atoms with Gasteiger partial charge in [0, 0.05) is 17.1 Å². The van der Waals surface area contributed by atoms with Crippen LogP contribution < -0.4 is 11.1 Å². The molecule has 1 heterocycles. The number of thiazole rings is 1. The summed E-state index contributed by atoms with van der Waals surface area (Å²) in [5.74, 6) is -0.935. The van der Waals surface area contributed by atoms with Gasteiger partial charge in [-0.1, -0.05) is 17.7 Å². The van der Waals surface area contributed by atoms with E-state index in [-0.39, 0.29) is 35.9 Å². The number of nitrogens with zero attached hydrogens (tertiary/aromatic N) is 2. The highest BCUT2D eigenvalue weighted by molar-refractivity contribution is 7.09. The summed E-state index contributed by atoms with van der Waals surface area (Å²) in [5.41, 5.74) is 7.42. The van der Waals surface area contributed by atoms with E-state index in [0.717, 1.165) is 11.6 Å². The first-order valence-electron chi connectivity index (χ1n) is 8.82. The molecule has 0 aliphatic carbocycles. The fourth-order valence-electron chi connectivity index (χ4n) is 2.53. The smallest absolute Gasteiger partial charge is 0.338 e. The number of hydrogen-bond acceptors (Lipinski definition) is 8. The number of benzene rings is 2. The fraction of sp³-hybridized carbons (Fsp3) is 0.150. The lowest BCUT2D eigenvalue weighted by atomic mass is 10.2. The molecule has 0 saturated carbocycles. The van der Waals surface area contributed by atoms with Crippen LogP contribution in [0.25, 0.3) is 0 Å². The lowest BCUT2D eigenvalue weighted by Gasteiger charge is -2.05. The third-order valence-corrected chi connectivity index (χ3v) is 4.96. The van der Waals surface area contributed by atoms with Gasteiger partial charge in [-0.15, -0.1) is 11.3 Å². The van der Waals surface area contributed by atoms with Crippen molar-refractivity contribution < 1.29 is 19.2 Å². The summed E-state index contributed by atoms with van der Waals surface area (Å²) in [6.45, 7) is 1.84. The number of nitro benzene ring substituents is 1. The van der Waals surface area contributed by atoms with Gasteiger partial charge in [-0.2, -0.15) is 0 Å². The Hall–Kier alpha value is -3.79. The van der Waals surface area contributed by atoms with Crippen molar-refractivity contribution in [2.75, 3.05) is 11.1 Å². The number of ether oxygens (including phenoxy) is 1. The molecule has 3 N–H and O–H groups in total. The Morgan fingerprint density at radius 2 is 1.97 bits per heavy atom. The van der Waals surface area contributed by atoms with Crippen LogP contribution in [0, 0.1) is 17.0 Å². The quantitative estimate of drug-likeness (QED) is 0.255. The predicted molar refractivity (Wildman–Crippen MR) is 112 cm³/mol. The number of hydrogen-bond donors (Lipinski definition) is 2. The first-order chi connectivity index (χ1) is 14.3. The summed E-state index contributed by atoms with van der Waals surface area (Å²) in [5, 5.41) is 16.0. The van der Waals surface area contributed by atoms with Crippen molar-refractivity contribution in [1.82, 2.24) is 4.98 Å². The van der Waals surface area contributed by atoms with Crippen LogP contribution in [0.15, 0.2) is 47.8 Å². The number of aromatic nitrogens is 1. The zero-order valence-electron chi connectivity index (χ0n) is 16.0. The van der Waals surface area contributed by atoms with Crippen molar-refractivity contribution in [3.05, 3.63) is 79.8 Å². The van der Waals surface area contributed by atoms with Crippen LogP contribution in [-0.2, 0) is 22.6 Å². The van der Waals surface area contributed by atoms with Gasteiger partial charge in [0.25, 0.3) is 5.69 Å². The van der Waals surface area contributed by atoms with Gasteiger partial charge in [-0.05, 0) is 31.2 Å². The molecule has 1 aromatic heterocycles. The Balaban J connectivity index is 1.54. The van der Waals surface area contributed by atoms with Gasteiger partial charge in [0.05, 0.1) is 22.6 Å². The molecule has 0 radical (unpaired) electrons. The number of carbonyl (C=O) groups is 2. The topological polar surface area (TPSA) is 137 Å². The van der Waals surface area contributed by atoms with E-state index in [9.17, 15) is 19.7 Å². The fourth-order valence-corrected chi connectivity index (χ4v) is 3.30. The van der Waals surface area contributed by atoms with Crippen molar-refractivity contribution in [2.45, 2.75) is 20.0 Å². The van der Waals surface area contributed by atoms with E-state index in [1.54, 1.807) is 5.38 Å². The number of nitro groups is 1. The number of rotatable bonds is 7. The minimum Gasteiger partial charge on any atom is -0.456 e. The summed E-state index contributed by atoms with van der Waals surface area (Å²) < 4.78 is 5.16. The van der Waals surface area contributed by atoms with Gasteiger partial charge >= 0.3 is 5.97 Å². The Kier molecular flexibility index (Phi) is 6.38. The standard InChI is InChI=1S/C20H18N4O5S/c1-12-2-5-14(6-3-12)22-18(25)9-19-23-15(11-30-19)10-29-20(26)13-4-7-16(21)17(8-13)24(27)28/h2-8,11H,9-10,21H2,1H3,(H,22,25). The van der Waals surface area contributed by atoms with E-state index in [1.165, 1.54) is 23.5 Å². The Labute approximate surface area is 175 Å². The third kappa shape index (κ3) is 5.39. The van der Waals surface area contributed by atoms with Crippen molar-refractivity contribution in [3.63, 3.8) is 0 Å². The van der Waals surface area contributed by atoms with Crippen LogP contribution in [0.2, 0.25) is 0 Å². The van der Waals surface area contributed by atoms with Crippen LogP contribution >= 0.6 is 11.3 Å². The van der Waals surface area contributed by atoms with Crippen LogP contribution in [0.4, 0.5) is 17.1 Å². The van der Waals surface area contributed by atoms with Crippen LogP contribution in [0.1, 0.15) is 26.6 Å². The molecule has 154 valence electrons. The number of amides is 1. The molecule has 0 aliphatic rings. The molecule has 0 fully saturated rings. The number of anilines is 2. The maximum absolute atomic E-state index is 12.1. The Morgan fingerprint density at radius 3 is 2.67 bits per heavy atom. The van der Waals surface area contributed by atoms with Gasteiger partial charge < -0.3 is 15.8 Å². The summed E-state index contributed by atoms with van der Waals surface area (Å²) >= 11 is 1.28. The monoisotopic (exact) mass is 426 g/mol. The van der Waals surface area contributed by atoms with Crippen LogP contribution in [0.3, 0.4) is 0 Å². The molecule has 0 saturated heterocycles. The molecule has 2 aromatic carbocycles. The molecule has 0 bridgehead atoms. The second-order valence-electron chi connectivity index (χ2n) is 6.43. The van der Waals surface area contributed by atoms with Gasteiger partial charge in [-0.3, -0.25) is 14.9 Å². The minimum atomic E-state index is -0.732. The highest BCUT2D eigenvalue weighted by Crippen LogP contribution is 2.23. The SMILES string of the molecule is Cc1ccc(NC(=O)Cc2nc(COC(=O)c3ccc(N)c([N+](=O)[O-])c3)cs2)cc1. The van der Waals surface area contributed by atoms with E-state index in [0.29, 0.717) is 16.4 Å². The van der Waals surface area contributed by atoms with Gasteiger partial charge in [0.15, 0.2) is 0 Å². The Bertz CT molecular complexity index is 1090. The normalized spacial score (nSPS) is 10.4. The minimum absolute atomic E-state index is 0.0174. The molecular formula is C20H18N4O5S. The molecule has 1 amide bonds. The first-order valence-corrected chi connectivity index (χ1v) is 9.70. The summed E-state index contributed by atoms with van der Waals surface area (Å²) in [4.78, 5) is 38.8. The average Bonchev–Trinajstić information content (AvgIpc) is 3.15. The second-order valence-corrected chi connectivity index (χ2v) is 7.37. The van der Waals surface area contributed by atoms with Crippen molar-refractivity contribution in [2.24, 2.45) is 0 Å². The van der Waals surface area contributed by atoms with E-state index in [4.69, 9.17) is 10.5 Å². The Morgan fingerprint density at radius 1 is 1.23 bits per heavy atom. The molecule has 0 spiro atoms. The van der Waals surface area contributed by atoms with Crippen LogP contribution in [-0.4, -0.2) is 21.8 Å². The summed E-state index contributed by atoms with van der Waals surface area (Å²) in [7, 11) is 0. The highest BCUT2D eigenvalue weighted by atomic mass is 32.1.